The molecule has 2 atom stereocenters. The number of hydrogen-bond acceptors (Lipinski definition) is 5. The Bertz CT molecular complexity index is 1250. The van der Waals surface area contributed by atoms with Crippen molar-refractivity contribution >= 4 is 11.5 Å². The lowest BCUT2D eigenvalue weighted by atomic mass is 9.83. The van der Waals surface area contributed by atoms with Crippen molar-refractivity contribution in [3.8, 4) is 22.9 Å². The topological polar surface area (TPSA) is 73.1 Å². The van der Waals surface area contributed by atoms with E-state index in [0.29, 0.717) is 5.82 Å². The largest absolute Gasteiger partial charge is 0.456 e. The quantitative estimate of drug-likeness (QED) is 0.481. The fourth-order valence-electron chi connectivity index (χ4n) is 5.45. The van der Waals surface area contributed by atoms with Crippen molar-refractivity contribution in [1.29, 1.82) is 0 Å². The summed E-state index contributed by atoms with van der Waals surface area (Å²) in [7, 11) is 1.73. The van der Waals surface area contributed by atoms with E-state index >= 15 is 0 Å². The Morgan fingerprint density at radius 1 is 1.09 bits per heavy atom. The van der Waals surface area contributed by atoms with E-state index < -0.39 is 6.67 Å². The molecule has 6 rings (SSSR count). The summed E-state index contributed by atoms with van der Waals surface area (Å²) in [4.78, 5) is 15.4. The Labute approximate surface area is 184 Å². The van der Waals surface area contributed by atoms with Crippen molar-refractivity contribution in [2.45, 2.75) is 37.8 Å². The number of halogens is 1. The van der Waals surface area contributed by atoms with Crippen LogP contribution in [0.2, 0.25) is 0 Å². The number of amides is 1. The molecular weight excluding hydrogens is 409 g/mol. The van der Waals surface area contributed by atoms with Crippen LogP contribution in [0, 0.1) is 0 Å². The summed E-state index contributed by atoms with van der Waals surface area (Å²) in [6, 6.07) is 14.2. The van der Waals surface area contributed by atoms with Gasteiger partial charge in [0.15, 0.2) is 6.67 Å². The fourth-order valence-corrected chi connectivity index (χ4v) is 5.45. The van der Waals surface area contributed by atoms with E-state index in [1.54, 1.807) is 11.9 Å². The van der Waals surface area contributed by atoms with Crippen LogP contribution in [0.5, 0.6) is 11.5 Å². The lowest BCUT2D eigenvalue weighted by Crippen LogP contribution is -2.45. The van der Waals surface area contributed by atoms with Gasteiger partial charge in [-0.15, -0.1) is 10.2 Å². The third-order valence-electron chi connectivity index (χ3n) is 6.73. The smallest absolute Gasteiger partial charge is 0.254 e. The third kappa shape index (κ3) is 2.93. The van der Waals surface area contributed by atoms with Crippen LogP contribution in [0.3, 0.4) is 0 Å². The van der Waals surface area contributed by atoms with E-state index in [2.05, 4.69) is 27.5 Å². The van der Waals surface area contributed by atoms with Gasteiger partial charge in [-0.1, -0.05) is 29.8 Å². The maximum absolute atomic E-state index is 13.1. The average Bonchev–Trinajstić information content (AvgIpc) is 3.36. The van der Waals surface area contributed by atoms with E-state index in [0.717, 1.165) is 53.9 Å². The monoisotopic (exact) mass is 431 g/mol. The van der Waals surface area contributed by atoms with Crippen molar-refractivity contribution in [2.75, 3.05) is 6.67 Å². The van der Waals surface area contributed by atoms with Gasteiger partial charge >= 0.3 is 0 Å². The molecule has 32 heavy (non-hydrogen) atoms. The zero-order chi connectivity index (χ0) is 21.8. The molecule has 4 heterocycles. The molecule has 1 aromatic heterocycles. The summed E-state index contributed by atoms with van der Waals surface area (Å²) >= 11 is 0. The van der Waals surface area contributed by atoms with E-state index in [-0.39, 0.29) is 18.0 Å². The predicted octanol–water partition coefficient (Wildman–Crippen LogP) is 3.91. The van der Waals surface area contributed by atoms with E-state index in [1.165, 1.54) is 15.9 Å². The molecule has 2 saturated heterocycles. The second-order valence-corrected chi connectivity index (χ2v) is 8.62. The molecule has 0 saturated carbocycles. The first-order valence-electron chi connectivity index (χ1n) is 10.9. The van der Waals surface area contributed by atoms with E-state index in [4.69, 9.17) is 4.74 Å². The summed E-state index contributed by atoms with van der Waals surface area (Å²) < 4.78 is 19.4. The molecule has 7 nitrogen and oxygen atoms in total. The van der Waals surface area contributed by atoms with Crippen LogP contribution >= 0.6 is 0 Å². The average molecular weight is 431 g/mol. The molecule has 8 heteroatoms. The Hall–Kier alpha value is -3.55. The highest BCUT2D eigenvalue weighted by atomic mass is 19.1. The number of alkyl halides is 1. The van der Waals surface area contributed by atoms with Gasteiger partial charge < -0.3 is 9.64 Å². The number of carbonyl (C=O) groups is 1. The highest BCUT2D eigenvalue weighted by molar-refractivity contribution is 5.91. The molecule has 2 aromatic carbocycles. The first kappa shape index (κ1) is 19.2. The lowest BCUT2D eigenvalue weighted by molar-refractivity contribution is -0.135. The highest BCUT2D eigenvalue weighted by Gasteiger charge is 2.42. The number of rotatable bonds is 2. The van der Waals surface area contributed by atoms with Crippen LogP contribution in [0.4, 0.5) is 4.39 Å². The molecule has 2 bridgehead atoms. The van der Waals surface area contributed by atoms with Crippen LogP contribution in [0.15, 0.2) is 48.0 Å². The number of benzene rings is 2. The molecule has 3 aromatic rings. The molecular formula is C24H22FN5O2. The Morgan fingerprint density at radius 2 is 1.84 bits per heavy atom. The van der Waals surface area contributed by atoms with Gasteiger partial charge in [-0.2, -0.15) is 4.80 Å². The molecule has 1 amide bonds. The highest BCUT2D eigenvalue weighted by Crippen LogP contribution is 2.50. The van der Waals surface area contributed by atoms with Gasteiger partial charge in [0.1, 0.15) is 11.5 Å². The van der Waals surface area contributed by atoms with Gasteiger partial charge in [0.25, 0.3) is 5.91 Å². The molecule has 2 unspecified atom stereocenters. The first-order valence-corrected chi connectivity index (χ1v) is 10.9. The molecule has 0 radical (unpaired) electrons. The van der Waals surface area contributed by atoms with Gasteiger partial charge in [-0.25, -0.2) is 4.39 Å². The second kappa shape index (κ2) is 7.25. The number of nitrogens with zero attached hydrogens (tertiary/aromatic N) is 5. The molecule has 3 aliphatic rings. The number of ether oxygens (including phenoxy) is 1. The molecule has 162 valence electrons. The van der Waals surface area contributed by atoms with Crippen LogP contribution in [0.25, 0.3) is 17.0 Å². The summed E-state index contributed by atoms with van der Waals surface area (Å²) in [5.74, 6) is 1.73. The molecule has 0 spiro atoms. The number of para-hydroxylation sites is 1. The van der Waals surface area contributed by atoms with Crippen molar-refractivity contribution in [3.05, 3.63) is 59.2 Å². The van der Waals surface area contributed by atoms with Gasteiger partial charge in [-0.05, 0) is 54.7 Å². The number of aromatic nitrogens is 4. The molecule has 3 aliphatic heterocycles. The van der Waals surface area contributed by atoms with Crippen LogP contribution in [-0.4, -0.2) is 49.8 Å². The summed E-state index contributed by atoms with van der Waals surface area (Å²) in [5, 5.41) is 12.3. The van der Waals surface area contributed by atoms with Crippen molar-refractivity contribution in [1.82, 2.24) is 25.1 Å². The van der Waals surface area contributed by atoms with Crippen LogP contribution in [0.1, 0.15) is 36.8 Å². The number of carbonyl (C=O) groups excluding carboxylic acids is 1. The summed E-state index contributed by atoms with van der Waals surface area (Å²) in [6.45, 7) is -0.919. The SMILES string of the molecule is Cn1nnc(-c2ccc3c(c2)Oc2ccccc2C3=C2CC3CCC(C2)N3C(=O)CF)n1. The number of tetrazole rings is 1. The van der Waals surface area contributed by atoms with Crippen molar-refractivity contribution < 1.29 is 13.9 Å². The summed E-state index contributed by atoms with van der Waals surface area (Å²) in [6.07, 6.45) is 3.38. The standard InChI is InChI=1S/C24H22FN5O2/c1-29-27-24(26-28-29)14-6-9-19-21(12-14)32-20-5-3-2-4-18(20)23(19)15-10-16-7-8-17(11-15)30(16)22(31)13-25/h2-6,9,12,16-17H,7-8,10-11,13H2,1H3. The predicted molar refractivity (Wildman–Crippen MR) is 116 cm³/mol. The number of aryl methyl sites for hydroxylation is 1. The van der Waals surface area contributed by atoms with Gasteiger partial charge in [-0.3, -0.25) is 4.79 Å². The number of fused-ring (bicyclic) bond motifs is 4. The fraction of sp³-hybridized carbons (Fsp3) is 0.333. The molecule has 2 fully saturated rings. The van der Waals surface area contributed by atoms with Gasteiger partial charge in [0, 0.05) is 28.8 Å². The molecule has 0 aliphatic carbocycles. The maximum atomic E-state index is 13.1. The zero-order valence-corrected chi connectivity index (χ0v) is 17.7. The van der Waals surface area contributed by atoms with Gasteiger partial charge in [0.05, 0.1) is 7.05 Å². The third-order valence-corrected chi connectivity index (χ3v) is 6.73. The Morgan fingerprint density at radius 3 is 2.56 bits per heavy atom. The first-order chi connectivity index (χ1) is 15.6. The van der Waals surface area contributed by atoms with Crippen molar-refractivity contribution in [3.63, 3.8) is 0 Å². The Balaban J connectivity index is 1.47. The van der Waals surface area contributed by atoms with Crippen LogP contribution < -0.4 is 4.74 Å². The number of piperidine rings is 1. The maximum Gasteiger partial charge on any atom is 0.254 e. The van der Waals surface area contributed by atoms with Gasteiger partial charge in [0.2, 0.25) is 5.82 Å². The van der Waals surface area contributed by atoms with Crippen LogP contribution in [-0.2, 0) is 11.8 Å². The van der Waals surface area contributed by atoms with E-state index in [9.17, 15) is 9.18 Å². The normalized spacial score (nSPS) is 21.2. The van der Waals surface area contributed by atoms with Crippen molar-refractivity contribution in [2.24, 2.45) is 7.05 Å². The minimum Gasteiger partial charge on any atom is -0.456 e. The lowest BCUT2D eigenvalue weighted by Gasteiger charge is -2.37. The molecule has 0 N–H and O–H groups in total. The number of hydrogen-bond donors (Lipinski definition) is 0. The minimum atomic E-state index is -0.919. The zero-order valence-electron chi connectivity index (χ0n) is 17.7. The second-order valence-electron chi connectivity index (χ2n) is 8.62. The minimum absolute atomic E-state index is 0.0704. The Kier molecular flexibility index (Phi) is 4.34. The van der Waals surface area contributed by atoms with E-state index in [1.807, 2.05) is 30.3 Å². The summed E-state index contributed by atoms with van der Waals surface area (Å²) in [5.41, 5.74) is 5.40.